The third-order valence-electron chi connectivity index (χ3n) is 3.83. The molecule has 1 aromatic carbocycles. The number of halogens is 1. The van der Waals surface area contributed by atoms with Crippen molar-refractivity contribution < 1.29 is 4.79 Å². The summed E-state index contributed by atoms with van der Waals surface area (Å²) < 4.78 is 0. The molecule has 1 N–H and O–H groups in total. The first-order valence-electron chi connectivity index (χ1n) is 7.27. The maximum Gasteiger partial charge on any atom is 0.191 e. The van der Waals surface area contributed by atoms with Crippen LogP contribution in [0.4, 0.5) is 5.69 Å². The van der Waals surface area contributed by atoms with Gasteiger partial charge in [-0.2, -0.15) is 0 Å². The monoisotopic (exact) mass is 324 g/mol. The van der Waals surface area contributed by atoms with E-state index in [0.717, 1.165) is 23.6 Å². The smallest absolute Gasteiger partial charge is 0.191 e. The number of hydrogen-bond acceptors (Lipinski definition) is 5. The maximum absolute atomic E-state index is 12.4. The molecule has 0 aliphatic carbocycles. The van der Waals surface area contributed by atoms with Gasteiger partial charge in [0.2, 0.25) is 0 Å². The van der Waals surface area contributed by atoms with E-state index in [1.807, 2.05) is 23.1 Å². The van der Waals surface area contributed by atoms with Crippen molar-refractivity contribution in [3.8, 4) is 0 Å². The Bertz CT molecular complexity index is 845. The van der Waals surface area contributed by atoms with Crippen molar-refractivity contribution in [3.63, 3.8) is 0 Å². The molecule has 0 unspecified atom stereocenters. The van der Waals surface area contributed by atoms with Crippen molar-refractivity contribution in [2.24, 2.45) is 4.99 Å². The van der Waals surface area contributed by atoms with Crippen LogP contribution >= 0.6 is 11.6 Å². The normalized spacial score (nSPS) is 17.3. The largest absolute Gasteiger partial charge is 0.341 e. The standard InChI is InChI=1S/C17H13ClN4O/c18-12-3-4-13-14(8-12)21-16(22-7-6-20-17(13)22)9-15(23)11-2-1-5-19-10-11/h1-5,8-10,21H,6-7H2. The summed E-state index contributed by atoms with van der Waals surface area (Å²) in [5.74, 6) is 1.49. The average Bonchev–Trinajstić information content (AvgIpc) is 3.05. The second kappa shape index (κ2) is 5.52. The second-order valence-corrected chi connectivity index (χ2v) is 5.74. The van der Waals surface area contributed by atoms with Crippen molar-refractivity contribution in [3.05, 3.63) is 70.8 Å². The molecule has 0 atom stereocenters. The number of allylic oxidation sites excluding steroid dienone is 1. The van der Waals surface area contributed by atoms with Gasteiger partial charge in [0.05, 0.1) is 12.2 Å². The fourth-order valence-corrected chi connectivity index (χ4v) is 2.93. The third-order valence-corrected chi connectivity index (χ3v) is 4.07. The zero-order chi connectivity index (χ0) is 15.8. The van der Waals surface area contributed by atoms with Crippen LogP contribution in [0.15, 0.2) is 59.6 Å². The molecule has 3 heterocycles. The number of amidine groups is 1. The molecular weight excluding hydrogens is 312 g/mol. The van der Waals surface area contributed by atoms with E-state index in [1.54, 1.807) is 30.6 Å². The van der Waals surface area contributed by atoms with Crippen molar-refractivity contribution in [2.45, 2.75) is 0 Å². The van der Waals surface area contributed by atoms with E-state index in [1.165, 1.54) is 0 Å². The highest BCUT2D eigenvalue weighted by atomic mass is 35.5. The maximum atomic E-state index is 12.4. The number of aliphatic imine (C=N–C) groups is 1. The summed E-state index contributed by atoms with van der Waals surface area (Å²) >= 11 is 6.08. The molecule has 0 spiro atoms. The van der Waals surface area contributed by atoms with Crippen molar-refractivity contribution in [1.29, 1.82) is 0 Å². The molecule has 5 nitrogen and oxygen atoms in total. The molecular formula is C17H13ClN4O. The Morgan fingerprint density at radius 3 is 3.09 bits per heavy atom. The summed E-state index contributed by atoms with van der Waals surface area (Å²) in [6.07, 6.45) is 4.79. The second-order valence-electron chi connectivity index (χ2n) is 5.31. The third kappa shape index (κ3) is 2.49. The number of nitrogens with one attached hydrogen (secondary N) is 1. The van der Waals surface area contributed by atoms with Crippen LogP contribution in [0.25, 0.3) is 0 Å². The van der Waals surface area contributed by atoms with Crippen LogP contribution in [0.2, 0.25) is 5.02 Å². The summed E-state index contributed by atoms with van der Waals surface area (Å²) in [7, 11) is 0. The minimum atomic E-state index is -0.0997. The lowest BCUT2D eigenvalue weighted by atomic mass is 10.1. The van der Waals surface area contributed by atoms with Gasteiger partial charge in [0.25, 0.3) is 0 Å². The Hall–Kier alpha value is -2.66. The number of ketones is 1. The van der Waals surface area contributed by atoms with E-state index in [9.17, 15) is 4.79 Å². The summed E-state index contributed by atoms with van der Waals surface area (Å²) in [6.45, 7) is 1.45. The van der Waals surface area contributed by atoms with Crippen LogP contribution in [0, 0.1) is 0 Å². The number of hydrogen-bond donors (Lipinski definition) is 1. The first-order chi connectivity index (χ1) is 11.2. The SMILES string of the molecule is O=C(C=C1Nc2cc(Cl)ccc2C2=NCCN12)c1cccnc1. The van der Waals surface area contributed by atoms with Gasteiger partial charge < -0.3 is 10.2 Å². The lowest BCUT2D eigenvalue weighted by molar-refractivity contribution is 0.104. The quantitative estimate of drug-likeness (QED) is 0.681. The lowest BCUT2D eigenvalue weighted by Crippen LogP contribution is -2.36. The molecule has 2 aliphatic rings. The van der Waals surface area contributed by atoms with Crippen LogP contribution in [-0.2, 0) is 0 Å². The highest BCUT2D eigenvalue weighted by molar-refractivity contribution is 6.31. The van der Waals surface area contributed by atoms with E-state index in [2.05, 4.69) is 15.3 Å². The van der Waals surface area contributed by atoms with Gasteiger partial charge in [0.1, 0.15) is 11.7 Å². The highest BCUT2D eigenvalue weighted by Gasteiger charge is 2.29. The van der Waals surface area contributed by atoms with Gasteiger partial charge in [-0.3, -0.25) is 14.8 Å². The number of nitrogens with zero attached hydrogens (tertiary/aromatic N) is 3. The Morgan fingerprint density at radius 2 is 2.26 bits per heavy atom. The van der Waals surface area contributed by atoms with Gasteiger partial charge in [-0.05, 0) is 30.3 Å². The minimum absolute atomic E-state index is 0.0997. The summed E-state index contributed by atoms with van der Waals surface area (Å²) in [5, 5.41) is 3.93. The van der Waals surface area contributed by atoms with E-state index in [0.29, 0.717) is 23.0 Å². The van der Waals surface area contributed by atoms with E-state index >= 15 is 0 Å². The van der Waals surface area contributed by atoms with E-state index in [-0.39, 0.29) is 5.78 Å². The van der Waals surface area contributed by atoms with Crippen LogP contribution in [0.5, 0.6) is 0 Å². The van der Waals surface area contributed by atoms with Gasteiger partial charge in [-0.15, -0.1) is 0 Å². The van der Waals surface area contributed by atoms with Crippen molar-refractivity contribution in [2.75, 3.05) is 18.4 Å². The van der Waals surface area contributed by atoms with Gasteiger partial charge in [-0.25, -0.2) is 0 Å². The molecule has 4 rings (SSSR count). The number of benzene rings is 1. The molecule has 0 amide bonds. The molecule has 0 radical (unpaired) electrons. The van der Waals surface area contributed by atoms with Crippen LogP contribution in [-0.4, -0.2) is 34.6 Å². The van der Waals surface area contributed by atoms with Crippen LogP contribution in [0.3, 0.4) is 0 Å². The fourth-order valence-electron chi connectivity index (χ4n) is 2.76. The van der Waals surface area contributed by atoms with Crippen LogP contribution in [0.1, 0.15) is 15.9 Å². The Labute approximate surface area is 138 Å². The predicted octanol–water partition coefficient (Wildman–Crippen LogP) is 2.95. The first kappa shape index (κ1) is 14.0. The Morgan fingerprint density at radius 1 is 1.35 bits per heavy atom. The molecule has 23 heavy (non-hydrogen) atoms. The zero-order valence-corrected chi connectivity index (χ0v) is 12.9. The number of aromatic nitrogens is 1. The number of carbonyl (C=O) groups excluding carboxylic acids is 1. The lowest BCUT2D eigenvalue weighted by Gasteiger charge is -2.31. The predicted molar refractivity (Wildman–Crippen MR) is 89.8 cm³/mol. The number of fused-ring (bicyclic) bond motifs is 3. The van der Waals surface area contributed by atoms with Crippen LogP contribution < -0.4 is 5.32 Å². The topological polar surface area (TPSA) is 57.6 Å². The van der Waals surface area contributed by atoms with Gasteiger partial charge in [0, 0.05) is 41.2 Å². The summed E-state index contributed by atoms with van der Waals surface area (Å²) in [5.41, 5.74) is 2.41. The summed E-state index contributed by atoms with van der Waals surface area (Å²) in [6, 6.07) is 9.13. The van der Waals surface area contributed by atoms with E-state index < -0.39 is 0 Å². The molecule has 2 aliphatic heterocycles. The molecule has 114 valence electrons. The summed E-state index contributed by atoms with van der Waals surface area (Å²) in [4.78, 5) is 23.0. The van der Waals surface area contributed by atoms with Gasteiger partial charge in [-0.1, -0.05) is 11.6 Å². The number of carbonyl (C=O) groups is 1. The number of pyridine rings is 1. The number of rotatable bonds is 2. The molecule has 0 fully saturated rings. The fraction of sp³-hybridized carbons (Fsp3) is 0.118. The van der Waals surface area contributed by atoms with Gasteiger partial charge >= 0.3 is 0 Å². The van der Waals surface area contributed by atoms with Gasteiger partial charge in [0.15, 0.2) is 5.78 Å². The molecule has 0 saturated carbocycles. The van der Waals surface area contributed by atoms with E-state index in [4.69, 9.17) is 11.6 Å². The molecule has 2 aromatic rings. The zero-order valence-electron chi connectivity index (χ0n) is 12.2. The molecule has 6 heteroatoms. The van der Waals surface area contributed by atoms with Crippen molar-refractivity contribution in [1.82, 2.24) is 9.88 Å². The van der Waals surface area contributed by atoms with Crippen molar-refractivity contribution >= 4 is 28.9 Å². The molecule has 1 aromatic heterocycles. The Balaban J connectivity index is 1.74. The molecule has 0 saturated heterocycles. The first-order valence-corrected chi connectivity index (χ1v) is 7.65. The Kier molecular flexibility index (Phi) is 3.35. The number of anilines is 1. The minimum Gasteiger partial charge on any atom is -0.341 e. The molecule has 0 bridgehead atoms. The average molecular weight is 325 g/mol. The highest BCUT2D eigenvalue weighted by Crippen LogP contribution is 2.32.